The van der Waals surface area contributed by atoms with Gasteiger partial charge in [-0.2, -0.15) is 5.10 Å². The Labute approximate surface area is 223 Å². The van der Waals surface area contributed by atoms with Crippen LogP contribution in [0.2, 0.25) is 0 Å². The van der Waals surface area contributed by atoms with Crippen molar-refractivity contribution < 1.29 is 31.9 Å². The minimum Gasteiger partial charge on any atom is -0.444 e. The first kappa shape index (κ1) is 28.1. The van der Waals surface area contributed by atoms with Crippen LogP contribution in [0.1, 0.15) is 66.7 Å². The lowest BCUT2D eigenvalue weighted by Gasteiger charge is -2.34. The number of hydrogen-bond donors (Lipinski definition) is 1. The maximum Gasteiger partial charge on any atom is 0.410 e. The van der Waals surface area contributed by atoms with Crippen LogP contribution in [0.25, 0.3) is 5.69 Å². The Balaban J connectivity index is 1.69. The van der Waals surface area contributed by atoms with E-state index in [1.807, 2.05) is 37.4 Å². The highest BCUT2D eigenvalue weighted by Crippen LogP contribution is 2.34. The van der Waals surface area contributed by atoms with Gasteiger partial charge >= 0.3 is 6.09 Å². The second-order valence-electron chi connectivity index (χ2n) is 10.7. The fraction of sp³-hybridized carbons (Fsp3) is 0.393. The Bertz CT molecular complexity index is 1400. The normalized spacial score (nSPS) is 14.4. The number of nitrogens with one attached hydrogen (secondary N) is 1. The number of halogens is 4. The quantitative estimate of drug-likeness (QED) is 0.303. The highest BCUT2D eigenvalue weighted by Gasteiger charge is 2.33. The van der Waals surface area contributed by atoms with Gasteiger partial charge in [-0.15, -0.1) is 0 Å². The third-order valence-corrected chi connectivity index (χ3v) is 6.67. The van der Waals surface area contributed by atoms with Crippen molar-refractivity contribution in [3.05, 3.63) is 76.1 Å². The lowest BCUT2D eigenvalue weighted by molar-refractivity contribution is 0.0203. The van der Waals surface area contributed by atoms with Gasteiger partial charge in [0.25, 0.3) is 5.91 Å². The third kappa shape index (κ3) is 5.91. The molecule has 1 aromatic heterocycles. The summed E-state index contributed by atoms with van der Waals surface area (Å²) in [6.07, 6.45) is 1.72. The molecular weight excluding hydrogens is 516 g/mol. The molecule has 0 unspecified atom stereocenters. The van der Waals surface area contributed by atoms with Gasteiger partial charge in [0.05, 0.1) is 23.1 Å². The van der Waals surface area contributed by atoms with Gasteiger partial charge in [0, 0.05) is 25.1 Å². The monoisotopic (exact) mass is 546 g/mol. The maximum absolute atomic E-state index is 14.3. The van der Waals surface area contributed by atoms with E-state index in [9.17, 15) is 27.2 Å². The summed E-state index contributed by atoms with van der Waals surface area (Å²) in [5.41, 5.74) is 1.28. The highest BCUT2D eigenvalue weighted by molar-refractivity contribution is 6.05. The third-order valence-electron chi connectivity index (χ3n) is 6.67. The molecule has 0 saturated carbocycles. The first-order valence-electron chi connectivity index (χ1n) is 12.5. The van der Waals surface area contributed by atoms with E-state index in [0.717, 1.165) is 11.1 Å². The van der Waals surface area contributed by atoms with Crippen molar-refractivity contribution >= 4 is 17.7 Å². The number of carbonyl (C=O) groups excluding carboxylic acids is 2. The molecule has 39 heavy (non-hydrogen) atoms. The second kappa shape index (κ2) is 10.7. The lowest BCUT2D eigenvalue weighted by Crippen LogP contribution is -2.41. The van der Waals surface area contributed by atoms with Crippen LogP contribution in [0.4, 0.5) is 28.0 Å². The Kier molecular flexibility index (Phi) is 7.72. The van der Waals surface area contributed by atoms with E-state index in [1.54, 1.807) is 30.4 Å². The first-order valence-corrected chi connectivity index (χ1v) is 12.5. The van der Waals surface area contributed by atoms with Crippen molar-refractivity contribution in [2.45, 2.75) is 59.0 Å². The first-order chi connectivity index (χ1) is 18.3. The molecule has 0 radical (unpaired) electrons. The molecule has 0 atom stereocenters. The summed E-state index contributed by atoms with van der Waals surface area (Å²) in [6, 6.07) is 5.70. The average Bonchev–Trinajstić information content (AvgIpc) is 3.31. The van der Waals surface area contributed by atoms with Crippen molar-refractivity contribution in [1.29, 1.82) is 0 Å². The van der Waals surface area contributed by atoms with Gasteiger partial charge in [-0.1, -0.05) is 6.07 Å². The summed E-state index contributed by atoms with van der Waals surface area (Å²) in [5.74, 6) is -7.94. The number of amides is 2. The summed E-state index contributed by atoms with van der Waals surface area (Å²) in [4.78, 5) is 27.4. The van der Waals surface area contributed by atoms with Crippen LogP contribution >= 0.6 is 0 Å². The van der Waals surface area contributed by atoms with Crippen molar-refractivity contribution in [2.24, 2.45) is 0 Å². The van der Waals surface area contributed by atoms with Gasteiger partial charge in [0.1, 0.15) is 11.3 Å². The fourth-order valence-corrected chi connectivity index (χ4v) is 4.51. The average molecular weight is 547 g/mol. The Morgan fingerprint density at radius 3 is 2.15 bits per heavy atom. The molecule has 0 spiro atoms. The van der Waals surface area contributed by atoms with Gasteiger partial charge in [0.2, 0.25) is 0 Å². The lowest BCUT2D eigenvalue weighted by atomic mass is 9.90. The SMILES string of the molecule is Cc1ccc(-n2ncc(C(=O)Nc3c(F)c(F)cc(F)c3F)c2C2CCN(C(=O)OC(C)(C)C)CC2)cc1C. The van der Waals surface area contributed by atoms with E-state index in [1.165, 1.54) is 6.20 Å². The van der Waals surface area contributed by atoms with Crippen LogP contribution < -0.4 is 5.32 Å². The molecule has 1 N–H and O–H groups in total. The molecule has 1 fully saturated rings. The molecule has 0 aliphatic carbocycles. The number of aromatic nitrogens is 2. The second-order valence-corrected chi connectivity index (χ2v) is 10.7. The predicted octanol–water partition coefficient (Wildman–Crippen LogP) is 6.41. The number of piperidine rings is 1. The Morgan fingerprint density at radius 2 is 1.59 bits per heavy atom. The molecule has 3 aromatic rings. The molecule has 208 valence electrons. The summed E-state index contributed by atoms with van der Waals surface area (Å²) < 4.78 is 63.1. The zero-order chi connectivity index (χ0) is 28.6. The van der Waals surface area contributed by atoms with E-state index in [2.05, 4.69) is 5.10 Å². The highest BCUT2D eigenvalue weighted by atomic mass is 19.2. The molecule has 11 heteroatoms. The summed E-state index contributed by atoms with van der Waals surface area (Å²) in [7, 11) is 0. The minimum absolute atomic E-state index is 0.00702. The van der Waals surface area contributed by atoms with Crippen LogP contribution in [0.5, 0.6) is 0 Å². The molecule has 4 rings (SSSR count). The van der Waals surface area contributed by atoms with Crippen LogP contribution in [0.15, 0.2) is 30.5 Å². The van der Waals surface area contributed by atoms with Crippen molar-refractivity contribution in [3.8, 4) is 5.69 Å². The number of ether oxygens (including phenoxy) is 1. The largest absolute Gasteiger partial charge is 0.444 e. The number of likely N-dealkylation sites (tertiary alicyclic amines) is 1. The number of hydrogen-bond acceptors (Lipinski definition) is 4. The van der Waals surface area contributed by atoms with Crippen molar-refractivity contribution in [2.75, 3.05) is 18.4 Å². The van der Waals surface area contributed by atoms with E-state index in [-0.39, 0.29) is 17.5 Å². The van der Waals surface area contributed by atoms with E-state index < -0.39 is 46.6 Å². The molecule has 1 aliphatic heterocycles. The molecular formula is C28H30F4N4O3. The Morgan fingerprint density at radius 1 is 0.974 bits per heavy atom. The zero-order valence-corrected chi connectivity index (χ0v) is 22.4. The standard InChI is InChI=1S/C28H30F4N4O3/c1-15-6-7-18(12-16(15)2)36-25(17-8-10-35(11-9-17)27(38)39-28(3,4)5)19(14-33-36)26(37)34-24-22(31)20(29)13-21(30)23(24)32/h6-7,12-14,17H,8-11H2,1-5H3,(H,34,37). The molecule has 2 aromatic carbocycles. The smallest absolute Gasteiger partial charge is 0.410 e. The summed E-state index contributed by atoms with van der Waals surface area (Å²) >= 11 is 0. The van der Waals surface area contributed by atoms with E-state index >= 15 is 0 Å². The number of anilines is 1. The number of rotatable bonds is 4. The van der Waals surface area contributed by atoms with Crippen LogP contribution in [-0.4, -0.2) is 45.4 Å². The summed E-state index contributed by atoms with van der Waals surface area (Å²) in [6.45, 7) is 9.91. The number of benzene rings is 2. The zero-order valence-electron chi connectivity index (χ0n) is 22.4. The van der Waals surface area contributed by atoms with Gasteiger partial charge < -0.3 is 15.0 Å². The summed E-state index contributed by atoms with van der Waals surface area (Å²) in [5, 5.41) is 6.38. The van der Waals surface area contributed by atoms with E-state index in [0.29, 0.717) is 37.3 Å². The number of aryl methyl sites for hydroxylation is 2. The molecule has 2 amide bonds. The predicted molar refractivity (Wildman–Crippen MR) is 137 cm³/mol. The van der Waals surface area contributed by atoms with Crippen molar-refractivity contribution in [3.63, 3.8) is 0 Å². The molecule has 1 saturated heterocycles. The number of carbonyl (C=O) groups is 2. The molecule has 0 bridgehead atoms. The van der Waals surface area contributed by atoms with Gasteiger partial charge in [-0.3, -0.25) is 4.79 Å². The van der Waals surface area contributed by atoms with Gasteiger partial charge in [0.15, 0.2) is 23.3 Å². The molecule has 7 nitrogen and oxygen atoms in total. The van der Waals surface area contributed by atoms with E-state index in [4.69, 9.17) is 4.74 Å². The van der Waals surface area contributed by atoms with Crippen molar-refractivity contribution in [1.82, 2.24) is 14.7 Å². The minimum atomic E-state index is -1.71. The van der Waals surface area contributed by atoms with Crippen LogP contribution in [0, 0.1) is 37.1 Å². The number of nitrogens with zero attached hydrogens (tertiary/aromatic N) is 3. The van der Waals surface area contributed by atoms with Crippen LogP contribution in [-0.2, 0) is 4.74 Å². The van der Waals surface area contributed by atoms with Gasteiger partial charge in [-0.25, -0.2) is 27.0 Å². The molecule has 1 aliphatic rings. The van der Waals surface area contributed by atoms with Gasteiger partial charge in [-0.05, 0) is 70.7 Å². The van der Waals surface area contributed by atoms with Crippen LogP contribution in [0.3, 0.4) is 0 Å². The maximum atomic E-state index is 14.3. The fourth-order valence-electron chi connectivity index (χ4n) is 4.51. The molecule has 2 heterocycles. The Hall–Kier alpha value is -3.89. The topological polar surface area (TPSA) is 76.5 Å².